The molecule has 0 aliphatic carbocycles. The van der Waals surface area contributed by atoms with E-state index in [4.69, 9.17) is 0 Å². The van der Waals surface area contributed by atoms with Crippen molar-refractivity contribution in [1.82, 2.24) is 0 Å². The van der Waals surface area contributed by atoms with Crippen molar-refractivity contribution in [2.75, 3.05) is 10.6 Å². The quantitative estimate of drug-likeness (QED) is 0.739. The minimum atomic E-state index is -0.879. The largest absolute Gasteiger partial charge is 0.478 e. The van der Waals surface area contributed by atoms with Crippen molar-refractivity contribution in [2.24, 2.45) is 5.41 Å². The van der Waals surface area contributed by atoms with Gasteiger partial charge in [-0.05, 0) is 67.1 Å². The Balaban J connectivity index is 1.94. The minimum Gasteiger partial charge on any atom is -0.478 e. The summed E-state index contributed by atoms with van der Waals surface area (Å²) in [5.41, 5.74) is 4.77. The van der Waals surface area contributed by atoms with Crippen molar-refractivity contribution in [3.05, 3.63) is 59.2 Å². The van der Waals surface area contributed by atoms with Crippen LogP contribution in [0.1, 0.15) is 55.2 Å². The number of carboxylic acid groups (broad SMARTS) is 1. The maximum absolute atomic E-state index is 11.2. The molecule has 1 unspecified atom stereocenters. The van der Waals surface area contributed by atoms with E-state index in [1.54, 1.807) is 12.1 Å². The van der Waals surface area contributed by atoms with Gasteiger partial charge in [0.2, 0.25) is 0 Å². The molecule has 3 rings (SSSR count). The predicted molar refractivity (Wildman–Crippen MR) is 102 cm³/mol. The second-order valence-corrected chi connectivity index (χ2v) is 7.84. The van der Waals surface area contributed by atoms with Gasteiger partial charge in [0.15, 0.2) is 0 Å². The minimum absolute atomic E-state index is 0.0272. The van der Waals surface area contributed by atoms with E-state index in [2.05, 4.69) is 62.6 Å². The molecule has 1 aliphatic heterocycles. The summed E-state index contributed by atoms with van der Waals surface area (Å²) in [7, 11) is 0. The third kappa shape index (κ3) is 3.63. The molecule has 25 heavy (non-hydrogen) atoms. The number of carboxylic acids is 1. The Bertz CT molecular complexity index is 796. The maximum Gasteiger partial charge on any atom is 0.335 e. The number of carbonyl (C=O) groups is 1. The maximum atomic E-state index is 11.2. The van der Waals surface area contributed by atoms with Crippen LogP contribution < -0.4 is 10.6 Å². The van der Waals surface area contributed by atoms with Crippen LogP contribution in [0.3, 0.4) is 0 Å². The van der Waals surface area contributed by atoms with Gasteiger partial charge in [-0.1, -0.05) is 26.0 Å². The number of benzene rings is 2. The summed E-state index contributed by atoms with van der Waals surface area (Å²) >= 11 is 0. The van der Waals surface area contributed by atoms with Crippen molar-refractivity contribution >= 4 is 17.3 Å². The normalized spacial score (nSPS) is 18.4. The fraction of sp³-hybridized carbons (Fsp3) is 0.381. The highest BCUT2D eigenvalue weighted by Gasteiger charge is 2.36. The van der Waals surface area contributed by atoms with E-state index >= 15 is 0 Å². The van der Waals surface area contributed by atoms with Gasteiger partial charge in [0.05, 0.1) is 11.6 Å². The Morgan fingerprint density at radius 1 is 1.24 bits per heavy atom. The molecule has 4 heteroatoms. The summed E-state index contributed by atoms with van der Waals surface area (Å²) in [4.78, 5) is 11.2. The first kappa shape index (κ1) is 17.3. The predicted octanol–water partition coefficient (Wildman–Crippen LogP) is 4.94. The fourth-order valence-corrected chi connectivity index (χ4v) is 3.63. The highest BCUT2D eigenvalue weighted by molar-refractivity contribution is 5.88. The van der Waals surface area contributed by atoms with Crippen LogP contribution in [0.5, 0.6) is 0 Å². The molecule has 0 saturated carbocycles. The van der Waals surface area contributed by atoms with Crippen molar-refractivity contribution in [2.45, 2.75) is 46.2 Å². The average Bonchev–Trinajstić information content (AvgIpc) is 2.52. The van der Waals surface area contributed by atoms with Crippen LogP contribution in [-0.2, 0) is 6.42 Å². The summed E-state index contributed by atoms with van der Waals surface area (Å²) in [6, 6.07) is 14.4. The standard InChI is InChI=1S/C21H26N2O2/c1-13(2)22-17-7-5-6-14(11-17)19-21(3,4)12-16-10-15(20(24)25)8-9-18(16)23-19/h5-11,13,19,22-23H,12H2,1-4H3,(H,24,25). The second-order valence-electron chi connectivity index (χ2n) is 7.84. The van der Waals surface area contributed by atoms with Crippen LogP contribution in [0, 0.1) is 5.41 Å². The van der Waals surface area contributed by atoms with E-state index in [-0.39, 0.29) is 11.5 Å². The van der Waals surface area contributed by atoms with Crippen molar-refractivity contribution in [3.8, 4) is 0 Å². The lowest BCUT2D eigenvalue weighted by atomic mass is 9.72. The van der Waals surface area contributed by atoms with E-state index in [1.165, 1.54) is 5.56 Å². The monoisotopic (exact) mass is 338 g/mol. The zero-order valence-electron chi connectivity index (χ0n) is 15.3. The van der Waals surface area contributed by atoms with Crippen LogP contribution in [0.2, 0.25) is 0 Å². The number of aromatic carboxylic acids is 1. The molecule has 0 aromatic heterocycles. The smallest absolute Gasteiger partial charge is 0.335 e. The molecule has 1 aliphatic rings. The Labute approximate surface area is 149 Å². The lowest BCUT2D eigenvalue weighted by Gasteiger charge is -2.41. The van der Waals surface area contributed by atoms with Crippen LogP contribution in [0.15, 0.2) is 42.5 Å². The van der Waals surface area contributed by atoms with Crippen LogP contribution in [0.25, 0.3) is 0 Å². The Kier molecular flexibility index (Phi) is 4.46. The fourth-order valence-electron chi connectivity index (χ4n) is 3.63. The third-order valence-corrected chi connectivity index (χ3v) is 4.75. The number of anilines is 2. The number of fused-ring (bicyclic) bond motifs is 1. The molecule has 0 saturated heterocycles. The van der Waals surface area contributed by atoms with Gasteiger partial charge in [-0.15, -0.1) is 0 Å². The molecule has 0 spiro atoms. The highest BCUT2D eigenvalue weighted by atomic mass is 16.4. The average molecular weight is 338 g/mol. The highest BCUT2D eigenvalue weighted by Crippen LogP contribution is 2.45. The number of hydrogen-bond donors (Lipinski definition) is 3. The molecule has 1 atom stereocenters. The molecule has 1 heterocycles. The van der Waals surface area contributed by atoms with Crippen molar-refractivity contribution in [1.29, 1.82) is 0 Å². The molecule has 0 amide bonds. The van der Waals surface area contributed by atoms with Gasteiger partial charge in [0.1, 0.15) is 0 Å². The molecule has 2 aromatic carbocycles. The lowest BCUT2D eigenvalue weighted by molar-refractivity contribution is 0.0696. The van der Waals surface area contributed by atoms with E-state index < -0.39 is 5.97 Å². The molecule has 0 fully saturated rings. The van der Waals surface area contributed by atoms with E-state index in [0.717, 1.165) is 23.4 Å². The number of rotatable bonds is 4. The second kappa shape index (κ2) is 6.43. The molecule has 3 N–H and O–H groups in total. The van der Waals surface area contributed by atoms with Gasteiger partial charge in [-0.2, -0.15) is 0 Å². The van der Waals surface area contributed by atoms with Gasteiger partial charge >= 0.3 is 5.97 Å². The molecule has 0 bridgehead atoms. The molecule has 4 nitrogen and oxygen atoms in total. The summed E-state index contributed by atoms with van der Waals surface area (Å²) < 4.78 is 0. The summed E-state index contributed by atoms with van der Waals surface area (Å²) in [5, 5.41) is 16.3. The summed E-state index contributed by atoms with van der Waals surface area (Å²) in [6.45, 7) is 8.71. The van der Waals surface area contributed by atoms with Gasteiger partial charge in [0, 0.05) is 17.4 Å². The molecule has 2 aromatic rings. The number of hydrogen-bond acceptors (Lipinski definition) is 3. The number of nitrogens with one attached hydrogen (secondary N) is 2. The first-order valence-corrected chi connectivity index (χ1v) is 8.75. The van der Waals surface area contributed by atoms with Crippen LogP contribution in [-0.4, -0.2) is 17.1 Å². The Hall–Kier alpha value is -2.49. The molecule has 0 radical (unpaired) electrons. The van der Waals surface area contributed by atoms with E-state index in [1.807, 2.05) is 6.07 Å². The Morgan fingerprint density at radius 3 is 2.68 bits per heavy atom. The lowest BCUT2D eigenvalue weighted by Crippen LogP contribution is -2.35. The van der Waals surface area contributed by atoms with E-state index in [0.29, 0.717) is 11.6 Å². The van der Waals surface area contributed by atoms with E-state index in [9.17, 15) is 9.90 Å². The van der Waals surface area contributed by atoms with Crippen LogP contribution in [0.4, 0.5) is 11.4 Å². The first-order valence-electron chi connectivity index (χ1n) is 8.75. The van der Waals surface area contributed by atoms with Crippen molar-refractivity contribution in [3.63, 3.8) is 0 Å². The third-order valence-electron chi connectivity index (χ3n) is 4.75. The van der Waals surface area contributed by atoms with Gasteiger partial charge in [0.25, 0.3) is 0 Å². The molecule has 132 valence electrons. The van der Waals surface area contributed by atoms with Gasteiger partial charge in [-0.3, -0.25) is 0 Å². The summed E-state index contributed by atoms with van der Waals surface area (Å²) in [6.07, 6.45) is 0.836. The zero-order chi connectivity index (χ0) is 18.2. The van der Waals surface area contributed by atoms with Crippen LogP contribution >= 0.6 is 0 Å². The zero-order valence-corrected chi connectivity index (χ0v) is 15.3. The first-order chi connectivity index (χ1) is 11.8. The topological polar surface area (TPSA) is 61.4 Å². The van der Waals surface area contributed by atoms with Gasteiger partial charge < -0.3 is 15.7 Å². The molecular weight excluding hydrogens is 312 g/mol. The SMILES string of the molecule is CC(C)Nc1cccc(C2Nc3ccc(C(=O)O)cc3CC2(C)C)c1. The summed E-state index contributed by atoms with van der Waals surface area (Å²) in [5.74, 6) is -0.879. The van der Waals surface area contributed by atoms with Gasteiger partial charge in [-0.25, -0.2) is 4.79 Å². The molecular formula is C21H26N2O2. The Morgan fingerprint density at radius 2 is 2.00 bits per heavy atom. The van der Waals surface area contributed by atoms with Crippen molar-refractivity contribution < 1.29 is 9.90 Å².